The molecular weight excluding hydrogens is 244 g/mol. The van der Waals surface area contributed by atoms with E-state index in [9.17, 15) is 0 Å². The van der Waals surface area contributed by atoms with Gasteiger partial charge in [0.15, 0.2) is 0 Å². The molecule has 1 aromatic carbocycles. The zero-order valence-electron chi connectivity index (χ0n) is 13.3. The smallest absolute Gasteiger partial charge is 0.0217 e. The van der Waals surface area contributed by atoms with Gasteiger partial charge >= 0.3 is 0 Å². The van der Waals surface area contributed by atoms with E-state index in [0.29, 0.717) is 12.0 Å². The molecule has 0 aromatic heterocycles. The first-order valence-corrected chi connectivity index (χ1v) is 8.21. The van der Waals surface area contributed by atoms with Crippen molar-refractivity contribution in [2.45, 2.75) is 45.6 Å². The first-order chi connectivity index (χ1) is 9.70. The van der Waals surface area contributed by atoms with Crippen molar-refractivity contribution >= 4 is 0 Å². The maximum Gasteiger partial charge on any atom is 0.0217 e. The number of nitrogens with zero attached hydrogens (tertiary/aromatic N) is 1. The molecule has 1 aliphatic heterocycles. The summed E-state index contributed by atoms with van der Waals surface area (Å²) in [7, 11) is 0. The summed E-state index contributed by atoms with van der Waals surface area (Å²) in [6.45, 7) is 11.7. The molecule has 1 aromatic rings. The van der Waals surface area contributed by atoms with Gasteiger partial charge in [-0.3, -0.25) is 0 Å². The summed E-state index contributed by atoms with van der Waals surface area (Å²) in [5.74, 6) is 1.44. The highest BCUT2D eigenvalue weighted by Crippen LogP contribution is 2.27. The lowest BCUT2D eigenvalue weighted by molar-refractivity contribution is 0.253. The zero-order valence-corrected chi connectivity index (χ0v) is 13.3. The van der Waals surface area contributed by atoms with Gasteiger partial charge in [-0.15, -0.1) is 0 Å². The van der Waals surface area contributed by atoms with Crippen LogP contribution in [0, 0.1) is 5.92 Å². The molecule has 0 amide bonds. The van der Waals surface area contributed by atoms with Crippen LogP contribution in [0.2, 0.25) is 0 Å². The van der Waals surface area contributed by atoms with Gasteiger partial charge in [0.1, 0.15) is 0 Å². The topological polar surface area (TPSA) is 15.3 Å². The van der Waals surface area contributed by atoms with Crippen LogP contribution in [0.5, 0.6) is 0 Å². The van der Waals surface area contributed by atoms with E-state index >= 15 is 0 Å². The van der Waals surface area contributed by atoms with Crippen LogP contribution in [0.1, 0.15) is 45.1 Å². The molecule has 2 heteroatoms. The largest absolute Gasteiger partial charge is 0.312 e. The Labute approximate surface area is 124 Å². The minimum absolute atomic E-state index is 0.629. The number of benzene rings is 1. The Balaban J connectivity index is 1.85. The minimum atomic E-state index is 0.629. The van der Waals surface area contributed by atoms with Gasteiger partial charge < -0.3 is 10.2 Å². The van der Waals surface area contributed by atoms with Crippen molar-refractivity contribution in [3.63, 3.8) is 0 Å². The Morgan fingerprint density at radius 2 is 2.00 bits per heavy atom. The minimum Gasteiger partial charge on any atom is -0.312 e. The maximum absolute atomic E-state index is 3.71. The molecule has 2 atom stereocenters. The summed E-state index contributed by atoms with van der Waals surface area (Å²) in [5.41, 5.74) is 1.51. The molecule has 0 radical (unpaired) electrons. The normalized spacial score (nSPS) is 21.5. The summed E-state index contributed by atoms with van der Waals surface area (Å²) in [6.07, 6.45) is 2.53. The molecule has 0 bridgehead atoms. The van der Waals surface area contributed by atoms with Gasteiger partial charge in [0.25, 0.3) is 0 Å². The highest BCUT2D eigenvalue weighted by Gasteiger charge is 2.26. The van der Waals surface area contributed by atoms with Crippen LogP contribution in [0.25, 0.3) is 0 Å². The molecule has 2 nitrogen and oxygen atoms in total. The summed E-state index contributed by atoms with van der Waals surface area (Å²) in [4.78, 5) is 2.64. The quantitative estimate of drug-likeness (QED) is 0.818. The Morgan fingerprint density at radius 3 is 2.65 bits per heavy atom. The molecule has 2 unspecified atom stereocenters. The fraction of sp³-hybridized carbons (Fsp3) is 0.667. The Morgan fingerprint density at radius 1 is 1.25 bits per heavy atom. The third-order valence-corrected chi connectivity index (χ3v) is 4.46. The van der Waals surface area contributed by atoms with E-state index in [2.05, 4.69) is 61.3 Å². The van der Waals surface area contributed by atoms with Gasteiger partial charge in [-0.25, -0.2) is 0 Å². The molecular formula is C18H30N2. The van der Waals surface area contributed by atoms with Crippen LogP contribution in [0.3, 0.4) is 0 Å². The second-order valence-corrected chi connectivity index (χ2v) is 6.46. The predicted octanol–water partition coefficient (Wildman–Crippen LogP) is 3.50. The molecule has 1 heterocycles. The molecule has 1 N–H and O–H groups in total. The molecule has 1 aliphatic rings. The van der Waals surface area contributed by atoms with Crippen molar-refractivity contribution in [3.8, 4) is 0 Å². The van der Waals surface area contributed by atoms with E-state index in [1.54, 1.807) is 0 Å². The second kappa shape index (κ2) is 7.80. The second-order valence-electron chi connectivity index (χ2n) is 6.46. The van der Waals surface area contributed by atoms with E-state index in [1.807, 2.05) is 0 Å². The van der Waals surface area contributed by atoms with Crippen LogP contribution in [0.4, 0.5) is 0 Å². The first-order valence-electron chi connectivity index (χ1n) is 8.21. The van der Waals surface area contributed by atoms with E-state index in [4.69, 9.17) is 0 Å². The van der Waals surface area contributed by atoms with Crippen molar-refractivity contribution in [2.75, 3.05) is 26.2 Å². The van der Waals surface area contributed by atoms with E-state index < -0.39 is 0 Å². The van der Waals surface area contributed by atoms with Crippen LogP contribution < -0.4 is 5.32 Å². The number of likely N-dealkylation sites (tertiary alicyclic amines) is 1. The van der Waals surface area contributed by atoms with Crippen LogP contribution in [-0.4, -0.2) is 37.1 Å². The Kier molecular flexibility index (Phi) is 6.06. The molecule has 0 saturated carbocycles. The van der Waals surface area contributed by atoms with Gasteiger partial charge in [-0.2, -0.15) is 0 Å². The van der Waals surface area contributed by atoms with Crippen LogP contribution >= 0.6 is 0 Å². The molecule has 112 valence electrons. The summed E-state index contributed by atoms with van der Waals surface area (Å²) >= 11 is 0. The highest BCUT2D eigenvalue weighted by atomic mass is 15.2. The fourth-order valence-electron chi connectivity index (χ4n) is 3.11. The summed E-state index contributed by atoms with van der Waals surface area (Å²) < 4.78 is 0. The van der Waals surface area contributed by atoms with Crippen molar-refractivity contribution in [3.05, 3.63) is 35.9 Å². The summed E-state index contributed by atoms with van der Waals surface area (Å²) in [6, 6.07) is 11.6. The van der Waals surface area contributed by atoms with Crippen molar-refractivity contribution in [1.29, 1.82) is 0 Å². The van der Waals surface area contributed by atoms with E-state index in [-0.39, 0.29) is 0 Å². The third kappa shape index (κ3) is 4.32. The van der Waals surface area contributed by atoms with Gasteiger partial charge in [-0.05, 0) is 43.3 Å². The lowest BCUT2D eigenvalue weighted by Gasteiger charge is -2.27. The molecule has 2 rings (SSSR count). The monoisotopic (exact) mass is 274 g/mol. The van der Waals surface area contributed by atoms with Gasteiger partial charge in [0.2, 0.25) is 0 Å². The average Bonchev–Trinajstić information content (AvgIpc) is 2.92. The number of hydrogen-bond acceptors (Lipinski definition) is 2. The molecule has 1 saturated heterocycles. The predicted molar refractivity (Wildman–Crippen MR) is 87.2 cm³/mol. The first kappa shape index (κ1) is 15.5. The van der Waals surface area contributed by atoms with Gasteiger partial charge in [0, 0.05) is 19.1 Å². The summed E-state index contributed by atoms with van der Waals surface area (Å²) in [5, 5.41) is 3.71. The van der Waals surface area contributed by atoms with Gasteiger partial charge in [0.05, 0.1) is 0 Å². The SMILES string of the molecule is CCCNC(CN1CCC(c2ccccc2)C1)C(C)C. The van der Waals surface area contributed by atoms with E-state index in [0.717, 1.165) is 12.5 Å². The Bertz CT molecular complexity index is 374. The Hall–Kier alpha value is -0.860. The van der Waals surface area contributed by atoms with Crippen molar-refractivity contribution in [2.24, 2.45) is 5.92 Å². The van der Waals surface area contributed by atoms with E-state index in [1.165, 1.54) is 38.0 Å². The zero-order chi connectivity index (χ0) is 14.4. The third-order valence-electron chi connectivity index (χ3n) is 4.46. The van der Waals surface area contributed by atoms with Crippen molar-refractivity contribution < 1.29 is 0 Å². The number of nitrogens with one attached hydrogen (secondary N) is 1. The van der Waals surface area contributed by atoms with Crippen LogP contribution in [-0.2, 0) is 0 Å². The fourth-order valence-corrected chi connectivity index (χ4v) is 3.11. The number of hydrogen-bond donors (Lipinski definition) is 1. The lowest BCUT2D eigenvalue weighted by atomic mass is 9.99. The molecule has 0 aliphatic carbocycles. The average molecular weight is 274 g/mol. The standard InChI is InChI=1S/C18H30N2/c1-4-11-19-18(15(2)3)14-20-12-10-17(13-20)16-8-6-5-7-9-16/h5-9,15,17-19H,4,10-14H2,1-3H3. The lowest BCUT2D eigenvalue weighted by Crippen LogP contribution is -2.43. The molecule has 1 fully saturated rings. The maximum atomic E-state index is 3.71. The number of rotatable bonds is 7. The highest BCUT2D eigenvalue weighted by molar-refractivity contribution is 5.21. The molecule has 20 heavy (non-hydrogen) atoms. The van der Waals surface area contributed by atoms with Crippen LogP contribution in [0.15, 0.2) is 30.3 Å². The van der Waals surface area contributed by atoms with Crippen molar-refractivity contribution in [1.82, 2.24) is 10.2 Å². The molecule has 0 spiro atoms. The van der Waals surface area contributed by atoms with Gasteiger partial charge in [-0.1, -0.05) is 51.1 Å².